The summed E-state index contributed by atoms with van der Waals surface area (Å²) in [6, 6.07) is 8.53. The molecule has 0 saturated carbocycles. The van der Waals surface area contributed by atoms with Gasteiger partial charge >= 0.3 is 0 Å². The van der Waals surface area contributed by atoms with Gasteiger partial charge in [0.1, 0.15) is 5.82 Å². The second-order valence-electron chi connectivity index (χ2n) is 4.20. The summed E-state index contributed by atoms with van der Waals surface area (Å²) in [7, 11) is 0. The van der Waals surface area contributed by atoms with Gasteiger partial charge in [-0.15, -0.1) is 11.3 Å². The highest BCUT2D eigenvalue weighted by Crippen LogP contribution is 2.23. The number of hydrogen-bond donors (Lipinski definition) is 1. The van der Waals surface area contributed by atoms with Gasteiger partial charge in [-0.3, -0.25) is 0 Å². The summed E-state index contributed by atoms with van der Waals surface area (Å²) in [5.74, 6) is -0.255. The molecule has 6 heteroatoms. The number of nitrogens with one attached hydrogen (secondary N) is 1. The van der Waals surface area contributed by atoms with Crippen LogP contribution in [-0.4, -0.2) is 9.55 Å². The predicted molar refractivity (Wildman–Crippen MR) is 80.1 cm³/mol. The standard InChI is InChI=1S/C13H10ClFN2S2/c14-12-4-2-9(19-12)5-6-17-11-7-8(15)1-3-10(11)16-13(17)18/h1-4,7H,5-6H2,(H,16,18). The zero-order chi connectivity index (χ0) is 13.4. The summed E-state index contributed by atoms with van der Waals surface area (Å²) in [6.45, 7) is 0.707. The molecule has 2 aromatic heterocycles. The van der Waals surface area contributed by atoms with Gasteiger partial charge < -0.3 is 9.55 Å². The van der Waals surface area contributed by atoms with Crippen LogP contribution in [0, 0.1) is 10.6 Å². The van der Waals surface area contributed by atoms with Crippen LogP contribution in [0.15, 0.2) is 30.3 Å². The highest BCUT2D eigenvalue weighted by atomic mass is 35.5. The minimum absolute atomic E-state index is 0.255. The van der Waals surface area contributed by atoms with Crippen molar-refractivity contribution >= 4 is 46.2 Å². The number of thiophene rings is 1. The Morgan fingerprint density at radius 3 is 2.89 bits per heavy atom. The highest BCUT2D eigenvalue weighted by molar-refractivity contribution is 7.71. The normalized spacial score (nSPS) is 11.3. The maximum atomic E-state index is 13.3. The summed E-state index contributed by atoms with van der Waals surface area (Å²) in [5.41, 5.74) is 1.66. The Morgan fingerprint density at radius 1 is 1.32 bits per heavy atom. The first-order valence-corrected chi connectivity index (χ1v) is 7.36. The van der Waals surface area contributed by atoms with E-state index in [9.17, 15) is 4.39 Å². The molecule has 0 spiro atoms. The van der Waals surface area contributed by atoms with E-state index in [1.54, 1.807) is 17.4 Å². The summed E-state index contributed by atoms with van der Waals surface area (Å²) < 4.78 is 16.6. The molecular formula is C13H10ClFN2S2. The molecule has 0 saturated heterocycles. The van der Waals surface area contributed by atoms with Crippen LogP contribution in [0.2, 0.25) is 4.34 Å². The molecule has 0 unspecified atom stereocenters. The van der Waals surface area contributed by atoms with Crippen molar-refractivity contribution in [1.29, 1.82) is 0 Å². The van der Waals surface area contributed by atoms with Crippen molar-refractivity contribution in [2.24, 2.45) is 0 Å². The number of fused-ring (bicyclic) bond motifs is 1. The lowest BCUT2D eigenvalue weighted by molar-refractivity contribution is 0.627. The number of imidazole rings is 1. The molecule has 0 aliphatic heterocycles. The number of nitrogens with zero attached hydrogens (tertiary/aromatic N) is 1. The van der Waals surface area contributed by atoms with Gasteiger partial charge in [-0.1, -0.05) is 11.6 Å². The Kier molecular flexibility index (Phi) is 3.43. The summed E-state index contributed by atoms with van der Waals surface area (Å²) in [6.07, 6.45) is 0.829. The first kappa shape index (κ1) is 12.8. The van der Waals surface area contributed by atoms with Crippen LogP contribution in [0.3, 0.4) is 0 Å². The molecule has 19 heavy (non-hydrogen) atoms. The van der Waals surface area contributed by atoms with Gasteiger partial charge in [0.05, 0.1) is 15.4 Å². The molecule has 2 heterocycles. The predicted octanol–water partition coefficient (Wildman–Crippen LogP) is 4.80. The average Bonchev–Trinajstić information content (AvgIpc) is 2.90. The molecule has 98 valence electrons. The first-order chi connectivity index (χ1) is 9.13. The molecule has 1 aromatic carbocycles. The Morgan fingerprint density at radius 2 is 2.16 bits per heavy atom. The van der Waals surface area contributed by atoms with Crippen molar-refractivity contribution in [2.45, 2.75) is 13.0 Å². The number of rotatable bonds is 3. The van der Waals surface area contributed by atoms with Crippen molar-refractivity contribution in [3.8, 4) is 0 Å². The van der Waals surface area contributed by atoms with Crippen LogP contribution in [0.1, 0.15) is 4.88 Å². The quantitative estimate of drug-likeness (QED) is 0.689. The lowest BCUT2D eigenvalue weighted by Gasteiger charge is -2.03. The first-order valence-electron chi connectivity index (χ1n) is 5.76. The summed E-state index contributed by atoms with van der Waals surface area (Å²) >= 11 is 12.7. The number of aryl methyl sites for hydroxylation is 2. The van der Waals surface area contributed by atoms with E-state index in [1.165, 1.54) is 17.0 Å². The molecule has 0 aliphatic rings. The van der Waals surface area contributed by atoms with E-state index < -0.39 is 0 Å². The van der Waals surface area contributed by atoms with Crippen LogP contribution in [0.5, 0.6) is 0 Å². The molecule has 0 radical (unpaired) electrons. The van der Waals surface area contributed by atoms with Gasteiger partial charge in [0.2, 0.25) is 0 Å². The van der Waals surface area contributed by atoms with Crippen LogP contribution < -0.4 is 0 Å². The van der Waals surface area contributed by atoms with E-state index in [0.717, 1.165) is 21.8 Å². The number of halogens is 2. The monoisotopic (exact) mass is 312 g/mol. The van der Waals surface area contributed by atoms with Crippen LogP contribution in [-0.2, 0) is 13.0 Å². The molecule has 0 atom stereocenters. The van der Waals surface area contributed by atoms with Gasteiger partial charge in [0.25, 0.3) is 0 Å². The van der Waals surface area contributed by atoms with Crippen molar-refractivity contribution in [3.05, 3.63) is 50.1 Å². The van der Waals surface area contributed by atoms with Crippen LogP contribution in [0.4, 0.5) is 4.39 Å². The SMILES string of the molecule is Fc1ccc2[nH]c(=S)n(CCc3ccc(Cl)s3)c2c1. The Hall–Kier alpha value is -1.17. The van der Waals surface area contributed by atoms with Crippen molar-refractivity contribution in [2.75, 3.05) is 0 Å². The lowest BCUT2D eigenvalue weighted by Crippen LogP contribution is -2.00. The van der Waals surface area contributed by atoms with Gasteiger partial charge in [-0.05, 0) is 49.0 Å². The van der Waals surface area contributed by atoms with Crippen LogP contribution >= 0.6 is 35.2 Å². The maximum absolute atomic E-state index is 13.3. The molecule has 3 rings (SSSR count). The molecule has 2 nitrogen and oxygen atoms in total. The molecule has 0 bridgehead atoms. The Labute approximate surface area is 123 Å². The number of aromatic amines is 1. The third-order valence-electron chi connectivity index (χ3n) is 2.95. The molecule has 0 aliphatic carbocycles. The maximum Gasteiger partial charge on any atom is 0.178 e. The largest absolute Gasteiger partial charge is 0.331 e. The highest BCUT2D eigenvalue weighted by Gasteiger charge is 2.06. The number of benzene rings is 1. The smallest absolute Gasteiger partial charge is 0.178 e. The topological polar surface area (TPSA) is 20.7 Å². The molecule has 0 amide bonds. The fourth-order valence-corrected chi connectivity index (χ4v) is 3.43. The second-order valence-corrected chi connectivity index (χ2v) is 6.39. The summed E-state index contributed by atoms with van der Waals surface area (Å²) in [5, 5.41) is 0. The van der Waals surface area contributed by atoms with E-state index in [2.05, 4.69) is 4.98 Å². The Bertz CT molecular complexity index is 787. The zero-order valence-corrected chi connectivity index (χ0v) is 12.2. The van der Waals surface area contributed by atoms with E-state index in [0.29, 0.717) is 11.3 Å². The Balaban J connectivity index is 1.94. The fraction of sp³-hybridized carbons (Fsp3) is 0.154. The lowest BCUT2D eigenvalue weighted by atomic mass is 10.3. The van der Waals surface area contributed by atoms with Gasteiger partial charge in [0.15, 0.2) is 4.77 Å². The number of H-pyrrole nitrogens is 1. The summed E-state index contributed by atoms with van der Waals surface area (Å²) in [4.78, 5) is 4.28. The zero-order valence-electron chi connectivity index (χ0n) is 9.82. The van der Waals surface area contributed by atoms with E-state index >= 15 is 0 Å². The molecular weight excluding hydrogens is 303 g/mol. The molecule has 0 fully saturated rings. The number of hydrogen-bond acceptors (Lipinski definition) is 2. The third-order valence-corrected chi connectivity index (χ3v) is 4.56. The molecule has 1 N–H and O–H groups in total. The second kappa shape index (κ2) is 5.07. The minimum atomic E-state index is -0.255. The van der Waals surface area contributed by atoms with Gasteiger partial charge in [0, 0.05) is 11.4 Å². The number of aromatic nitrogens is 2. The fourth-order valence-electron chi connectivity index (χ4n) is 2.06. The van der Waals surface area contributed by atoms with Gasteiger partial charge in [-0.25, -0.2) is 4.39 Å². The minimum Gasteiger partial charge on any atom is -0.331 e. The van der Waals surface area contributed by atoms with Crippen molar-refractivity contribution in [3.63, 3.8) is 0 Å². The third kappa shape index (κ3) is 2.59. The molecule has 3 aromatic rings. The van der Waals surface area contributed by atoms with Crippen molar-refractivity contribution < 1.29 is 4.39 Å². The van der Waals surface area contributed by atoms with Gasteiger partial charge in [-0.2, -0.15) is 0 Å². The van der Waals surface area contributed by atoms with Crippen LogP contribution in [0.25, 0.3) is 11.0 Å². The average molecular weight is 313 g/mol. The van der Waals surface area contributed by atoms with E-state index in [1.807, 2.05) is 16.7 Å². The van der Waals surface area contributed by atoms with Crippen molar-refractivity contribution in [1.82, 2.24) is 9.55 Å². The van der Waals surface area contributed by atoms with E-state index in [-0.39, 0.29) is 5.82 Å². The van der Waals surface area contributed by atoms with E-state index in [4.69, 9.17) is 23.8 Å².